The first-order valence-electron chi connectivity index (χ1n) is 10.8. The zero-order valence-corrected chi connectivity index (χ0v) is 19.8. The largest absolute Gasteiger partial charge is 0.497 e. The second kappa shape index (κ2) is 9.67. The summed E-state index contributed by atoms with van der Waals surface area (Å²) in [5.74, 6) is 1.22. The van der Waals surface area contributed by atoms with Gasteiger partial charge in [0.2, 0.25) is 0 Å². The number of urea groups is 1. The first kappa shape index (κ1) is 22.2. The maximum atomic E-state index is 12.9. The number of anilines is 1. The van der Waals surface area contributed by atoms with Crippen molar-refractivity contribution in [2.45, 2.75) is 32.9 Å². The molecule has 0 saturated carbocycles. The number of carbonyl (C=O) groups excluding carboxylic acids is 1. The van der Waals surface area contributed by atoms with Gasteiger partial charge < -0.3 is 24.7 Å². The van der Waals surface area contributed by atoms with E-state index in [0.29, 0.717) is 17.2 Å². The predicted octanol–water partition coefficient (Wildman–Crippen LogP) is 4.82. The molecule has 2 amide bonds. The summed E-state index contributed by atoms with van der Waals surface area (Å²) < 4.78 is 12.8. The molecule has 1 aliphatic rings. The minimum atomic E-state index is -0.273. The molecule has 3 aromatic rings. The fourth-order valence-corrected chi connectivity index (χ4v) is 5.63. The quantitative estimate of drug-likeness (QED) is 0.537. The van der Waals surface area contributed by atoms with Gasteiger partial charge in [-0.2, -0.15) is 0 Å². The van der Waals surface area contributed by atoms with Gasteiger partial charge in [-0.15, -0.1) is 11.3 Å². The topological polar surface area (TPSA) is 67.8 Å². The number of aromatic nitrogens is 1. The zero-order chi connectivity index (χ0) is 22.7. The van der Waals surface area contributed by atoms with Gasteiger partial charge in [-0.25, -0.2) is 4.79 Å². The number of benzene rings is 1. The van der Waals surface area contributed by atoms with E-state index < -0.39 is 0 Å². The maximum absolute atomic E-state index is 12.9. The molecule has 0 aliphatic carbocycles. The molecule has 0 spiro atoms. The SMILES string of the molecule is CCN1CCc2c(sc(-n3cccc3)c2[C@H](C)NC(=O)Nc2ccc(OC)cc2OC)C1. The van der Waals surface area contributed by atoms with Gasteiger partial charge in [-0.05, 0) is 49.7 Å². The molecule has 7 nitrogen and oxygen atoms in total. The van der Waals surface area contributed by atoms with Crippen molar-refractivity contribution in [2.75, 3.05) is 32.6 Å². The smallest absolute Gasteiger partial charge is 0.319 e. The molecular weight excluding hydrogens is 424 g/mol. The highest BCUT2D eigenvalue weighted by molar-refractivity contribution is 7.15. The molecule has 0 saturated heterocycles. The van der Waals surface area contributed by atoms with Crippen LogP contribution in [0.15, 0.2) is 42.7 Å². The number of thiophene rings is 1. The van der Waals surface area contributed by atoms with Crippen molar-refractivity contribution >= 4 is 23.1 Å². The Bertz CT molecular complexity index is 1080. The summed E-state index contributed by atoms with van der Waals surface area (Å²) >= 11 is 1.82. The average molecular weight is 455 g/mol. The van der Waals surface area contributed by atoms with E-state index in [1.165, 1.54) is 21.0 Å². The average Bonchev–Trinajstić information content (AvgIpc) is 3.46. The lowest BCUT2D eigenvalue weighted by Gasteiger charge is -2.26. The Balaban J connectivity index is 1.57. The van der Waals surface area contributed by atoms with Gasteiger partial charge >= 0.3 is 6.03 Å². The van der Waals surface area contributed by atoms with Crippen LogP contribution in [0.5, 0.6) is 11.5 Å². The lowest BCUT2D eigenvalue weighted by Crippen LogP contribution is -2.33. The Morgan fingerprint density at radius 3 is 2.69 bits per heavy atom. The maximum Gasteiger partial charge on any atom is 0.319 e. The Kier molecular flexibility index (Phi) is 6.72. The van der Waals surface area contributed by atoms with Crippen molar-refractivity contribution < 1.29 is 14.3 Å². The summed E-state index contributed by atoms with van der Waals surface area (Å²) in [5, 5.41) is 7.22. The van der Waals surface area contributed by atoms with E-state index in [1.807, 2.05) is 30.4 Å². The van der Waals surface area contributed by atoms with Crippen LogP contribution in [-0.4, -0.2) is 42.8 Å². The molecule has 1 aromatic carbocycles. The summed E-state index contributed by atoms with van der Waals surface area (Å²) in [4.78, 5) is 16.7. The summed E-state index contributed by atoms with van der Waals surface area (Å²) in [6.45, 7) is 7.30. The number of hydrogen-bond acceptors (Lipinski definition) is 5. The molecule has 4 rings (SSSR count). The Labute approximate surface area is 192 Å². The van der Waals surface area contributed by atoms with Crippen LogP contribution in [0, 0.1) is 0 Å². The van der Waals surface area contributed by atoms with Crippen molar-refractivity contribution in [3.63, 3.8) is 0 Å². The van der Waals surface area contributed by atoms with Gasteiger partial charge in [0.1, 0.15) is 16.5 Å². The first-order valence-corrected chi connectivity index (χ1v) is 11.6. The van der Waals surface area contributed by atoms with Crippen LogP contribution in [0.2, 0.25) is 0 Å². The fourth-order valence-electron chi connectivity index (χ4n) is 4.17. The van der Waals surface area contributed by atoms with E-state index in [9.17, 15) is 4.79 Å². The number of nitrogens with one attached hydrogen (secondary N) is 2. The number of amides is 2. The normalized spacial score (nSPS) is 14.5. The summed E-state index contributed by atoms with van der Waals surface area (Å²) in [6.07, 6.45) is 5.12. The molecule has 0 fully saturated rings. The first-order chi connectivity index (χ1) is 15.5. The third-order valence-electron chi connectivity index (χ3n) is 5.88. The summed E-state index contributed by atoms with van der Waals surface area (Å²) in [5.41, 5.74) is 3.17. The minimum Gasteiger partial charge on any atom is -0.497 e. The van der Waals surface area contributed by atoms with Gasteiger partial charge in [0.25, 0.3) is 0 Å². The molecule has 32 heavy (non-hydrogen) atoms. The molecule has 2 aromatic heterocycles. The molecule has 2 N–H and O–H groups in total. The highest BCUT2D eigenvalue weighted by Crippen LogP contribution is 2.39. The number of likely N-dealkylation sites (N-methyl/N-ethyl adjacent to an activating group) is 1. The highest BCUT2D eigenvalue weighted by Gasteiger charge is 2.28. The van der Waals surface area contributed by atoms with Crippen LogP contribution in [-0.2, 0) is 13.0 Å². The zero-order valence-electron chi connectivity index (χ0n) is 19.0. The Morgan fingerprint density at radius 2 is 2.00 bits per heavy atom. The number of nitrogens with zero attached hydrogens (tertiary/aromatic N) is 2. The van der Waals surface area contributed by atoms with Crippen LogP contribution in [0.1, 0.15) is 35.9 Å². The van der Waals surface area contributed by atoms with Crippen LogP contribution in [0.3, 0.4) is 0 Å². The van der Waals surface area contributed by atoms with E-state index in [2.05, 4.69) is 39.4 Å². The predicted molar refractivity (Wildman–Crippen MR) is 128 cm³/mol. The number of rotatable bonds is 7. The molecular formula is C24H30N4O3S. The monoisotopic (exact) mass is 454 g/mol. The van der Waals surface area contributed by atoms with Gasteiger partial charge in [0, 0.05) is 42.0 Å². The molecule has 0 bridgehead atoms. The van der Waals surface area contributed by atoms with Gasteiger partial charge in [-0.1, -0.05) is 6.92 Å². The molecule has 3 heterocycles. The van der Waals surface area contributed by atoms with Crippen molar-refractivity contribution in [1.29, 1.82) is 0 Å². The third-order valence-corrected chi connectivity index (χ3v) is 7.13. The van der Waals surface area contributed by atoms with Crippen molar-refractivity contribution in [1.82, 2.24) is 14.8 Å². The van der Waals surface area contributed by atoms with Gasteiger partial charge in [0.15, 0.2) is 0 Å². The molecule has 0 unspecified atom stereocenters. The fraction of sp³-hybridized carbons (Fsp3) is 0.375. The summed E-state index contributed by atoms with van der Waals surface area (Å²) in [7, 11) is 3.17. The highest BCUT2D eigenvalue weighted by atomic mass is 32.1. The van der Waals surface area contributed by atoms with Crippen molar-refractivity contribution in [2.24, 2.45) is 0 Å². The second-order valence-corrected chi connectivity index (χ2v) is 8.90. The van der Waals surface area contributed by atoms with E-state index >= 15 is 0 Å². The Hall–Kier alpha value is -2.97. The molecule has 170 valence electrons. The van der Waals surface area contributed by atoms with E-state index in [1.54, 1.807) is 32.4 Å². The van der Waals surface area contributed by atoms with Crippen LogP contribution in [0.25, 0.3) is 5.00 Å². The lowest BCUT2D eigenvalue weighted by atomic mass is 9.98. The Morgan fingerprint density at radius 1 is 1.22 bits per heavy atom. The standard InChI is InChI=1S/C24H30N4O3S/c1-5-27-13-10-18-21(15-27)32-23(28-11-6-7-12-28)22(18)16(2)25-24(29)26-19-9-8-17(30-3)14-20(19)31-4/h6-9,11-12,14,16H,5,10,13,15H2,1-4H3,(H2,25,26,29)/t16-/m0/s1. The number of hydrogen-bond donors (Lipinski definition) is 2. The number of carbonyl (C=O) groups is 1. The molecule has 1 atom stereocenters. The molecule has 1 aliphatic heterocycles. The number of methoxy groups -OCH3 is 2. The van der Waals surface area contributed by atoms with E-state index in [0.717, 1.165) is 26.1 Å². The van der Waals surface area contributed by atoms with Crippen LogP contribution >= 0.6 is 11.3 Å². The van der Waals surface area contributed by atoms with Crippen LogP contribution < -0.4 is 20.1 Å². The number of ether oxygens (including phenoxy) is 2. The van der Waals surface area contributed by atoms with E-state index in [4.69, 9.17) is 9.47 Å². The molecule has 0 radical (unpaired) electrons. The van der Waals surface area contributed by atoms with Gasteiger partial charge in [-0.3, -0.25) is 4.90 Å². The summed E-state index contributed by atoms with van der Waals surface area (Å²) in [6, 6.07) is 8.95. The van der Waals surface area contributed by atoms with Crippen LogP contribution in [0.4, 0.5) is 10.5 Å². The number of fused-ring (bicyclic) bond motifs is 1. The van der Waals surface area contributed by atoms with Gasteiger partial charge in [0.05, 0.1) is 25.9 Å². The second-order valence-electron chi connectivity index (χ2n) is 7.82. The van der Waals surface area contributed by atoms with E-state index in [-0.39, 0.29) is 12.1 Å². The lowest BCUT2D eigenvalue weighted by molar-refractivity contribution is 0.249. The molecule has 8 heteroatoms. The van der Waals surface area contributed by atoms with Crippen molar-refractivity contribution in [3.05, 3.63) is 58.7 Å². The minimum absolute atomic E-state index is 0.148. The van der Waals surface area contributed by atoms with Crippen molar-refractivity contribution in [3.8, 4) is 16.5 Å². The third kappa shape index (κ3) is 4.47.